The van der Waals surface area contributed by atoms with Crippen LogP contribution in [0.2, 0.25) is 0 Å². The van der Waals surface area contributed by atoms with Gasteiger partial charge in [0.2, 0.25) is 0 Å². The van der Waals surface area contributed by atoms with Crippen molar-refractivity contribution in [3.05, 3.63) is 0 Å². The highest BCUT2D eigenvalue weighted by atomic mass is 35.5. The first-order chi connectivity index (χ1) is 4.38. The molecule has 1 fully saturated rings. The lowest BCUT2D eigenvalue weighted by atomic mass is 10.3. The second-order valence-electron chi connectivity index (χ2n) is 1.65. The minimum absolute atomic E-state index is 0.232. The molecule has 0 aromatic heterocycles. The lowest BCUT2D eigenvalue weighted by molar-refractivity contribution is -0.464. The Labute approximate surface area is 62.6 Å². The van der Waals surface area contributed by atoms with Crippen LogP contribution in [0.5, 0.6) is 0 Å². The van der Waals surface area contributed by atoms with Crippen LogP contribution in [0, 0.1) is 0 Å². The van der Waals surface area contributed by atoms with E-state index < -0.39 is 0 Å². The van der Waals surface area contributed by atoms with Crippen LogP contribution in [-0.2, 0) is 14.8 Å². The van der Waals surface area contributed by atoms with Gasteiger partial charge in [-0.05, 0) is 0 Å². The summed E-state index contributed by atoms with van der Waals surface area (Å²) in [4.78, 5) is 9.13. The van der Waals surface area contributed by atoms with Crippen LogP contribution in [0.1, 0.15) is 0 Å². The summed E-state index contributed by atoms with van der Waals surface area (Å²) < 4.78 is 0. The van der Waals surface area contributed by atoms with Gasteiger partial charge in [-0.3, -0.25) is 0 Å². The molecule has 1 aliphatic rings. The van der Waals surface area contributed by atoms with Crippen LogP contribution in [0.4, 0.5) is 0 Å². The number of halogens is 2. The maximum atomic E-state index is 5.44. The van der Waals surface area contributed by atoms with Crippen LogP contribution < -0.4 is 0 Å². The monoisotopic (exact) mass is 172 g/mol. The Bertz CT molecular complexity index is 79.9. The molecule has 0 bridgehead atoms. The van der Waals surface area contributed by atoms with Crippen molar-refractivity contribution < 1.29 is 14.8 Å². The van der Waals surface area contributed by atoms with Crippen molar-refractivity contribution in [1.29, 1.82) is 0 Å². The molecule has 1 aliphatic heterocycles. The third-order valence-electron chi connectivity index (χ3n) is 1.04. The van der Waals surface area contributed by atoms with E-state index in [9.17, 15) is 0 Å². The summed E-state index contributed by atoms with van der Waals surface area (Å²) in [6.07, 6.45) is -0.465. The van der Waals surface area contributed by atoms with E-state index in [0.717, 1.165) is 0 Å². The first kappa shape index (κ1) is 7.57. The molecular weight excluding hydrogens is 167 g/mol. The third kappa shape index (κ3) is 1.69. The highest BCUT2D eigenvalue weighted by molar-refractivity contribution is 6.19. The van der Waals surface area contributed by atoms with E-state index in [0.29, 0.717) is 11.8 Å². The zero-order valence-electron chi connectivity index (χ0n) is 4.55. The molecule has 0 saturated carbocycles. The Kier molecular flexibility index (Phi) is 3.01. The van der Waals surface area contributed by atoms with Crippen molar-refractivity contribution in [1.82, 2.24) is 0 Å². The van der Waals surface area contributed by atoms with Gasteiger partial charge in [-0.2, -0.15) is 9.78 Å². The molecule has 0 N–H and O–H groups in total. The molecule has 0 aromatic rings. The van der Waals surface area contributed by atoms with Gasteiger partial charge in [0.15, 0.2) is 0 Å². The molecule has 1 heterocycles. The summed E-state index contributed by atoms with van der Waals surface area (Å²) in [5.41, 5.74) is 0. The zero-order valence-corrected chi connectivity index (χ0v) is 6.06. The van der Waals surface area contributed by atoms with Crippen LogP contribution in [0.15, 0.2) is 0 Å². The van der Waals surface area contributed by atoms with Gasteiger partial charge < -0.3 is 0 Å². The number of hydrogen-bond acceptors (Lipinski definition) is 3. The topological polar surface area (TPSA) is 27.7 Å². The van der Waals surface area contributed by atoms with Crippen molar-refractivity contribution in [2.75, 3.05) is 11.8 Å². The minimum Gasteiger partial charge on any atom is -0.199 e. The van der Waals surface area contributed by atoms with E-state index in [1.165, 1.54) is 0 Å². The lowest BCUT2D eigenvalue weighted by Gasteiger charge is -2.04. The summed E-state index contributed by atoms with van der Waals surface area (Å²) in [6, 6.07) is 0. The van der Waals surface area contributed by atoms with Crippen molar-refractivity contribution in [3.8, 4) is 0 Å². The molecule has 0 radical (unpaired) electrons. The van der Waals surface area contributed by atoms with E-state index in [1.54, 1.807) is 0 Å². The van der Waals surface area contributed by atoms with Gasteiger partial charge >= 0.3 is 0 Å². The predicted molar refractivity (Wildman–Crippen MR) is 32.3 cm³/mol. The van der Waals surface area contributed by atoms with Gasteiger partial charge in [0.1, 0.15) is 12.2 Å². The fraction of sp³-hybridized carbons (Fsp3) is 1.00. The molecule has 1 rings (SSSR count). The Morgan fingerprint density at radius 1 is 1.00 bits per heavy atom. The molecule has 0 aromatic carbocycles. The molecule has 0 amide bonds. The predicted octanol–water partition coefficient (Wildman–Crippen LogP) is 1.09. The van der Waals surface area contributed by atoms with E-state index in [2.05, 4.69) is 14.8 Å². The largest absolute Gasteiger partial charge is 0.199 e. The van der Waals surface area contributed by atoms with E-state index >= 15 is 0 Å². The van der Waals surface area contributed by atoms with Crippen molar-refractivity contribution >= 4 is 23.2 Å². The maximum Gasteiger partial charge on any atom is 0.140 e. The van der Waals surface area contributed by atoms with Gasteiger partial charge in [0.25, 0.3) is 0 Å². The molecular formula is C4H6Cl2O3. The summed E-state index contributed by atoms with van der Waals surface area (Å²) in [7, 11) is 0. The van der Waals surface area contributed by atoms with Crippen LogP contribution in [0.3, 0.4) is 0 Å². The number of rotatable bonds is 2. The summed E-state index contributed by atoms with van der Waals surface area (Å²) >= 11 is 10.9. The Hall–Kier alpha value is 0.460. The Morgan fingerprint density at radius 2 is 1.44 bits per heavy atom. The van der Waals surface area contributed by atoms with Gasteiger partial charge in [0.05, 0.1) is 11.8 Å². The fourth-order valence-corrected chi connectivity index (χ4v) is 0.998. The van der Waals surface area contributed by atoms with Gasteiger partial charge in [-0.25, -0.2) is 0 Å². The Balaban J connectivity index is 2.32. The van der Waals surface area contributed by atoms with Crippen LogP contribution in [0.25, 0.3) is 0 Å². The minimum atomic E-state index is -0.232. The second kappa shape index (κ2) is 3.58. The molecule has 2 unspecified atom stereocenters. The summed E-state index contributed by atoms with van der Waals surface area (Å²) in [5.74, 6) is 0.661. The first-order valence-electron chi connectivity index (χ1n) is 2.49. The van der Waals surface area contributed by atoms with Gasteiger partial charge in [0, 0.05) is 0 Å². The van der Waals surface area contributed by atoms with Crippen molar-refractivity contribution in [2.24, 2.45) is 0 Å². The van der Waals surface area contributed by atoms with E-state index in [-0.39, 0.29) is 12.2 Å². The molecule has 5 heteroatoms. The summed E-state index contributed by atoms with van der Waals surface area (Å²) in [6.45, 7) is 0. The van der Waals surface area contributed by atoms with Crippen molar-refractivity contribution in [3.63, 3.8) is 0 Å². The fourth-order valence-electron chi connectivity index (χ4n) is 0.498. The molecule has 3 nitrogen and oxygen atoms in total. The highest BCUT2D eigenvalue weighted by Gasteiger charge is 2.30. The molecule has 2 atom stereocenters. The van der Waals surface area contributed by atoms with Crippen molar-refractivity contribution in [2.45, 2.75) is 12.2 Å². The molecule has 0 spiro atoms. The third-order valence-corrected chi connectivity index (χ3v) is 1.65. The standard InChI is InChI=1S/C4H6Cl2O3/c5-1-3-4(2-6)8-9-7-3/h3-4H,1-2H2. The molecule has 54 valence electrons. The average molecular weight is 173 g/mol. The quantitative estimate of drug-likeness (QED) is 0.462. The normalized spacial score (nSPS) is 35.3. The number of alkyl halides is 2. The smallest absolute Gasteiger partial charge is 0.140 e. The average Bonchev–Trinajstić information content (AvgIpc) is 2.33. The SMILES string of the molecule is ClCC1OOOC1CCl. The number of hydrogen-bond donors (Lipinski definition) is 0. The van der Waals surface area contributed by atoms with E-state index in [1.807, 2.05) is 0 Å². The van der Waals surface area contributed by atoms with Crippen LogP contribution in [-0.4, -0.2) is 24.0 Å². The molecule has 1 saturated heterocycles. The van der Waals surface area contributed by atoms with Gasteiger partial charge in [-0.1, -0.05) is 5.04 Å². The van der Waals surface area contributed by atoms with Gasteiger partial charge in [-0.15, -0.1) is 23.2 Å². The molecule has 9 heavy (non-hydrogen) atoms. The maximum absolute atomic E-state index is 5.44. The van der Waals surface area contributed by atoms with E-state index in [4.69, 9.17) is 23.2 Å². The molecule has 0 aliphatic carbocycles. The second-order valence-corrected chi connectivity index (χ2v) is 2.26. The Morgan fingerprint density at radius 3 is 1.78 bits per heavy atom. The first-order valence-corrected chi connectivity index (χ1v) is 3.56. The summed E-state index contributed by atoms with van der Waals surface area (Å²) in [5, 5.41) is 4.18. The van der Waals surface area contributed by atoms with Crippen LogP contribution >= 0.6 is 23.2 Å². The lowest BCUT2D eigenvalue weighted by Crippen LogP contribution is -2.25. The zero-order chi connectivity index (χ0) is 6.69. The highest BCUT2D eigenvalue weighted by Crippen LogP contribution is 2.16.